The molecule has 14 heavy (non-hydrogen) atoms. The quantitative estimate of drug-likeness (QED) is 0.716. The summed E-state index contributed by atoms with van der Waals surface area (Å²) in [4.78, 5) is 0. The first kappa shape index (κ1) is 10.3. The first-order chi connectivity index (χ1) is 6.85. The van der Waals surface area contributed by atoms with Crippen LogP contribution in [0.4, 0.5) is 0 Å². The second-order valence-electron chi connectivity index (χ2n) is 4.46. The Morgan fingerprint density at radius 3 is 2.64 bits per heavy atom. The molecule has 1 saturated carbocycles. The number of thioether (sulfide) groups is 1. The van der Waals surface area contributed by atoms with Crippen LogP contribution in [-0.4, -0.2) is 24.2 Å². The number of hydrogen-bond acceptors (Lipinski definition) is 3. The van der Waals surface area contributed by atoms with Crippen molar-refractivity contribution in [2.24, 2.45) is 5.41 Å². The highest BCUT2D eigenvalue weighted by Crippen LogP contribution is 2.51. The summed E-state index contributed by atoms with van der Waals surface area (Å²) in [6, 6.07) is 2.32. The van der Waals surface area contributed by atoms with Gasteiger partial charge in [0.15, 0.2) is 0 Å². The highest BCUT2D eigenvalue weighted by atomic mass is 32.2. The van der Waals surface area contributed by atoms with Crippen LogP contribution in [0, 0.1) is 16.7 Å². The molecule has 2 nitrogen and oxygen atoms in total. The Kier molecular flexibility index (Phi) is 3.35. The fourth-order valence-corrected chi connectivity index (χ4v) is 3.36. The number of ether oxygens (including phenoxy) is 1. The topological polar surface area (TPSA) is 33.0 Å². The van der Waals surface area contributed by atoms with Crippen molar-refractivity contribution in [3.63, 3.8) is 0 Å². The summed E-state index contributed by atoms with van der Waals surface area (Å²) in [5.74, 6) is 1.20. The molecule has 78 valence electrons. The average molecular weight is 211 g/mol. The van der Waals surface area contributed by atoms with Gasteiger partial charge in [-0.2, -0.15) is 17.0 Å². The maximum absolute atomic E-state index is 8.70. The Hall–Kier alpha value is -0.200. The Labute approximate surface area is 90.0 Å². The average Bonchev–Trinajstić information content (AvgIpc) is 2.98. The predicted molar refractivity (Wildman–Crippen MR) is 58.2 cm³/mol. The van der Waals surface area contributed by atoms with Crippen LogP contribution < -0.4 is 0 Å². The highest BCUT2D eigenvalue weighted by molar-refractivity contribution is 7.99. The summed E-state index contributed by atoms with van der Waals surface area (Å²) in [7, 11) is 0. The number of nitriles is 1. The number of rotatable bonds is 4. The summed E-state index contributed by atoms with van der Waals surface area (Å²) in [5.41, 5.74) is 0.414. The van der Waals surface area contributed by atoms with E-state index in [9.17, 15) is 0 Å². The minimum Gasteiger partial charge on any atom is -0.381 e. The van der Waals surface area contributed by atoms with Crippen molar-refractivity contribution < 1.29 is 4.74 Å². The molecular formula is C11H17NOS. The van der Waals surface area contributed by atoms with E-state index >= 15 is 0 Å². The van der Waals surface area contributed by atoms with Crippen molar-refractivity contribution in [2.45, 2.75) is 37.4 Å². The first-order valence-electron chi connectivity index (χ1n) is 5.41. The van der Waals surface area contributed by atoms with Crippen molar-refractivity contribution in [1.82, 2.24) is 0 Å². The van der Waals surface area contributed by atoms with Crippen LogP contribution >= 0.6 is 11.8 Å². The largest absolute Gasteiger partial charge is 0.381 e. The molecule has 0 atom stereocenters. The molecule has 2 fully saturated rings. The smallest absolute Gasteiger partial charge is 0.0627 e. The van der Waals surface area contributed by atoms with Crippen molar-refractivity contribution >= 4 is 11.8 Å². The molecule has 0 unspecified atom stereocenters. The molecule has 0 spiro atoms. The van der Waals surface area contributed by atoms with E-state index in [4.69, 9.17) is 10.00 Å². The molecule has 0 radical (unpaired) electrons. The second-order valence-corrected chi connectivity index (χ2v) is 5.75. The lowest BCUT2D eigenvalue weighted by Crippen LogP contribution is -2.19. The zero-order valence-corrected chi connectivity index (χ0v) is 9.31. The molecular weight excluding hydrogens is 194 g/mol. The fraction of sp³-hybridized carbons (Fsp3) is 0.909. The van der Waals surface area contributed by atoms with E-state index in [1.54, 1.807) is 0 Å². The van der Waals surface area contributed by atoms with E-state index in [-0.39, 0.29) is 0 Å². The SMILES string of the molecule is N#CCC1(CSC2CCOCC2)CC1. The van der Waals surface area contributed by atoms with Crippen LogP contribution in [0.5, 0.6) is 0 Å². The maximum Gasteiger partial charge on any atom is 0.0627 e. The van der Waals surface area contributed by atoms with E-state index < -0.39 is 0 Å². The zero-order valence-electron chi connectivity index (χ0n) is 8.50. The molecule has 0 amide bonds. The van der Waals surface area contributed by atoms with Crippen LogP contribution in [0.15, 0.2) is 0 Å². The molecule has 1 heterocycles. The lowest BCUT2D eigenvalue weighted by atomic mass is 10.1. The molecule has 0 aromatic rings. The maximum atomic E-state index is 8.70. The first-order valence-corrected chi connectivity index (χ1v) is 6.46. The minimum absolute atomic E-state index is 0.414. The van der Waals surface area contributed by atoms with Crippen LogP contribution in [-0.2, 0) is 4.74 Å². The predicted octanol–water partition coefficient (Wildman–Crippen LogP) is 2.59. The molecule has 3 heteroatoms. The molecule has 2 aliphatic rings. The summed E-state index contributed by atoms with van der Waals surface area (Å²) in [6.45, 7) is 1.87. The third kappa shape index (κ3) is 2.65. The summed E-state index contributed by atoms with van der Waals surface area (Å²) >= 11 is 2.08. The lowest BCUT2D eigenvalue weighted by molar-refractivity contribution is 0.1000. The third-order valence-electron chi connectivity index (χ3n) is 3.20. The van der Waals surface area contributed by atoms with Crippen LogP contribution in [0.2, 0.25) is 0 Å². The van der Waals surface area contributed by atoms with E-state index in [0.29, 0.717) is 5.41 Å². The number of nitrogens with zero attached hydrogens (tertiary/aromatic N) is 1. The van der Waals surface area contributed by atoms with Gasteiger partial charge in [0.05, 0.1) is 6.07 Å². The van der Waals surface area contributed by atoms with Crippen molar-refractivity contribution in [3.8, 4) is 6.07 Å². The van der Waals surface area contributed by atoms with E-state index in [1.807, 2.05) is 0 Å². The van der Waals surface area contributed by atoms with Crippen molar-refractivity contribution in [1.29, 1.82) is 5.26 Å². The van der Waals surface area contributed by atoms with Gasteiger partial charge in [-0.3, -0.25) is 0 Å². The third-order valence-corrected chi connectivity index (χ3v) is 4.93. The van der Waals surface area contributed by atoms with E-state index in [2.05, 4.69) is 17.8 Å². The zero-order chi connectivity index (χ0) is 9.86. The van der Waals surface area contributed by atoms with Gasteiger partial charge in [-0.15, -0.1) is 0 Å². The molecule has 0 N–H and O–H groups in total. The van der Waals surface area contributed by atoms with Gasteiger partial charge in [0.25, 0.3) is 0 Å². The van der Waals surface area contributed by atoms with Crippen LogP contribution in [0.1, 0.15) is 32.1 Å². The molecule has 1 aliphatic heterocycles. The lowest BCUT2D eigenvalue weighted by Gasteiger charge is -2.23. The van der Waals surface area contributed by atoms with E-state index in [1.165, 1.54) is 31.4 Å². The van der Waals surface area contributed by atoms with E-state index in [0.717, 1.165) is 24.9 Å². The highest BCUT2D eigenvalue weighted by Gasteiger charge is 2.42. The Morgan fingerprint density at radius 1 is 1.36 bits per heavy atom. The van der Waals surface area contributed by atoms with Crippen LogP contribution in [0.3, 0.4) is 0 Å². The summed E-state index contributed by atoms with van der Waals surface area (Å²) in [6.07, 6.45) is 5.72. The van der Waals surface area contributed by atoms with Gasteiger partial charge in [0.1, 0.15) is 0 Å². The van der Waals surface area contributed by atoms with Crippen LogP contribution in [0.25, 0.3) is 0 Å². The second kappa shape index (κ2) is 4.55. The number of hydrogen-bond donors (Lipinski definition) is 0. The normalized spacial score (nSPS) is 25.6. The van der Waals surface area contributed by atoms with Crippen molar-refractivity contribution in [2.75, 3.05) is 19.0 Å². The van der Waals surface area contributed by atoms with Gasteiger partial charge in [0, 0.05) is 30.6 Å². The standard InChI is InChI=1S/C11H17NOS/c12-6-5-11(3-4-11)9-14-10-1-7-13-8-2-10/h10H,1-5,7-9H2. The Bertz CT molecular complexity index is 226. The molecule has 1 saturated heterocycles. The van der Waals surface area contributed by atoms with Gasteiger partial charge in [-0.05, 0) is 31.1 Å². The fourth-order valence-electron chi connectivity index (χ4n) is 1.85. The van der Waals surface area contributed by atoms with Crippen molar-refractivity contribution in [3.05, 3.63) is 0 Å². The summed E-state index contributed by atoms with van der Waals surface area (Å²) < 4.78 is 5.33. The van der Waals surface area contributed by atoms with Gasteiger partial charge in [0.2, 0.25) is 0 Å². The molecule has 1 aliphatic carbocycles. The molecule has 2 rings (SSSR count). The molecule has 0 aromatic heterocycles. The Balaban J connectivity index is 1.69. The van der Waals surface area contributed by atoms with Gasteiger partial charge in [-0.1, -0.05) is 0 Å². The Morgan fingerprint density at radius 2 is 2.07 bits per heavy atom. The molecule has 0 bridgehead atoms. The minimum atomic E-state index is 0.414. The summed E-state index contributed by atoms with van der Waals surface area (Å²) in [5, 5.41) is 9.49. The van der Waals surface area contributed by atoms with Gasteiger partial charge >= 0.3 is 0 Å². The van der Waals surface area contributed by atoms with Gasteiger partial charge < -0.3 is 4.74 Å². The van der Waals surface area contributed by atoms with Gasteiger partial charge in [-0.25, -0.2) is 0 Å². The monoisotopic (exact) mass is 211 g/mol. The molecule has 0 aromatic carbocycles.